The first-order valence-electron chi connectivity index (χ1n) is 5.26. The SMILES string of the molecule is COC(=O)CN(C)C(=O)c1c(N)cccc1OC. The Morgan fingerprint density at radius 3 is 2.56 bits per heavy atom. The summed E-state index contributed by atoms with van der Waals surface area (Å²) in [6.45, 7) is -0.146. The van der Waals surface area contributed by atoms with E-state index in [4.69, 9.17) is 10.5 Å². The standard InChI is InChI=1S/C12H16N2O4/c1-14(7-10(15)18-3)12(16)11-8(13)5-4-6-9(11)17-2/h4-6H,7,13H2,1-3H3. The number of carbonyl (C=O) groups excluding carboxylic acids is 2. The number of nitrogen functional groups attached to an aromatic ring is 1. The maximum atomic E-state index is 12.2. The van der Waals surface area contributed by atoms with E-state index in [0.29, 0.717) is 11.4 Å². The van der Waals surface area contributed by atoms with Gasteiger partial charge in [0.15, 0.2) is 0 Å². The van der Waals surface area contributed by atoms with Crippen molar-refractivity contribution in [3.8, 4) is 5.75 Å². The van der Waals surface area contributed by atoms with Crippen molar-refractivity contribution in [3.05, 3.63) is 23.8 Å². The molecule has 1 aromatic carbocycles. The molecule has 1 aromatic rings. The molecule has 0 unspecified atom stereocenters. The summed E-state index contributed by atoms with van der Waals surface area (Å²) in [4.78, 5) is 24.5. The maximum Gasteiger partial charge on any atom is 0.325 e. The van der Waals surface area contributed by atoms with Crippen molar-refractivity contribution in [2.75, 3.05) is 33.5 Å². The summed E-state index contributed by atoms with van der Waals surface area (Å²) < 4.78 is 9.58. The molecule has 2 N–H and O–H groups in total. The molecule has 18 heavy (non-hydrogen) atoms. The van der Waals surface area contributed by atoms with Crippen molar-refractivity contribution >= 4 is 17.6 Å². The molecule has 6 nitrogen and oxygen atoms in total. The molecule has 0 aliphatic carbocycles. The average molecular weight is 252 g/mol. The van der Waals surface area contributed by atoms with Crippen molar-refractivity contribution in [1.29, 1.82) is 0 Å². The van der Waals surface area contributed by atoms with Gasteiger partial charge in [-0.25, -0.2) is 0 Å². The summed E-state index contributed by atoms with van der Waals surface area (Å²) in [6.07, 6.45) is 0. The van der Waals surface area contributed by atoms with Crippen LogP contribution in [0.5, 0.6) is 5.75 Å². The Hall–Kier alpha value is -2.24. The van der Waals surface area contributed by atoms with Crippen LogP contribution in [0.25, 0.3) is 0 Å². The fourth-order valence-electron chi connectivity index (χ4n) is 1.47. The zero-order chi connectivity index (χ0) is 13.7. The maximum absolute atomic E-state index is 12.2. The lowest BCUT2D eigenvalue weighted by Gasteiger charge is -2.18. The van der Waals surface area contributed by atoms with Gasteiger partial charge in [0.1, 0.15) is 17.9 Å². The zero-order valence-electron chi connectivity index (χ0n) is 10.6. The second-order valence-electron chi connectivity index (χ2n) is 3.66. The number of hydrogen-bond donors (Lipinski definition) is 1. The molecule has 0 aliphatic heterocycles. The molecule has 0 bridgehead atoms. The topological polar surface area (TPSA) is 81.9 Å². The second-order valence-corrected chi connectivity index (χ2v) is 3.66. The number of carbonyl (C=O) groups is 2. The van der Waals surface area contributed by atoms with Crippen molar-refractivity contribution in [3.63, 3.8) is 0 Å². The molecule has 0 saturated carbocycles. The Balaban J connectivity index is 2.99. The lowest BCUT2D eigenvalue weighted by Crippen LogP contribution is -2.33. The number of hydrogen-bond acceptors (Lipinski definition) is 5. The number of anilines is 1. The number of likely N-dealkylation sites (N-methyl/N-ethyl adjacent to an activating group) is 1. The molecular weight excluding hydrogens is 236 g/mol. The summed E-state index contributed by atoms with van der Waals surface area (Å²) >= 11 is 0. The molecule has 1 rings (SSSR count). The largest absolute Gasteiger partial charge is 0.496 e. The quantitative estimate of drug-likeness (QED) is 0.624. The van der Waals surface area contributed by atoms with Crippen molar-refractivity contribution < 1.29 is 19.1 Å². The van der Waals surface area contributed by atoms with Gasteiger partial charge in [0.25, 0.3) is 5.91 Å². The van der Waals surface area contributed by atoms with Crippen LogP contribution in [-0.4, -0.2) is 44.6 Å². The third-order valence-corrected chi connectivity index (χ3v) is 2.43. The van der Waals surface area contributed by atoms with Crippen LogP contribution < -0.4 is 10.5 Å². The van der Waals surface area contributed by atoms with Gasteiger partial charge in [0.05, 0.1) is 14.2 Å². The fourth-order valence-corrected chi connectivity index (χ4v) is 1.47. The number of benzene rings is 1. The summed E-state index contributed by atoms with van der Waals surface area (Å²) in [7, 11) is 4.20. The van der Waals surface area contributed by atoms with E-state index in [9.17, 15) is 9.59 Å². The highest BCUT2D eigenvalue weighted by atomic mass is 16.5. The highest BCUT2D eigenvalue weighted by Gasteiger charge is 2.21. The average Bonchev–Trinajstić information content (AvgIpc) is 2.37. The molecule has 0 spiro atoms. The van der Waals surface area contributed by atoms with Gasteiger partial charge in [-0.05, 0) is 12.1 Å². The van der Waals surface area contributed by atoms with Crippen LogP contribution in [0, 0.1) is 0 Å². The molecule has 0 fully saturated rings. The molecule has 0 saturated heterocycles. The van der Waals surface area contributed by atoms with Gasteiger partial charge in [-0.2, -0.15) is 0 Å². The minimum atomic E-state index is -0.501. The van der Waals surface area contributed by atoms with Gasteiger partial charge in [-0.15, -0.1) is 0 Å². The fraction of sp³-hybridized carbons (Fsp3) is 0.333. The van der Waals surface area contributed by atoms with Gasteiger partial charge in [-0.3, -0.25) is 9.59 Å². The van der Waals surface area contributed by atoms with E-state index in [2.05, 4.69) is 4.74 Å². The summed E-state index contributed by atoms with van der Waals surface area (Å²) in [6, 6.07) is 4.92. The first-order chi connectivity index (χ1) is 8.51. The molecule has 1 amide bonds. The van der Waals surface area contributed by atoms with Gasteiger partial charge in [-0.1, -0.05) is 6.07 Å². The highest BCUT2D eigenvalue weighted by Crippen LogP contribution is 2.25. The summed E-state index contributed by atoms with van der Waals surface area (Å²) in [5.74, 6) is -0.522. The van der Waals surface area contributed by atoms with Crippen LogP contribution in [0.2, 0.25) is 0 Å². The zero-order valence-corrected chi connectivity index (χ0v) is 10.6. The smallest absolute Gasteiger partial charge is 0.325 e. The van der Waals surface area contributed by atoms with Crippen LogP contribution in [0.4, 0.5) is 5.69 Å². The van der Waals surface area contributed by atoms with Crippen LogP contribution in [-0.2, 0) is 9.53 Å². The second kappa shape index (κ2) is 5.90. The van der Waals surface area contributed by atoms with Crippen LogP contribution in [0.1, 0.15) is 10.4 Å². The van der Waals surface area contributed by atoms with Gasteiger partial charge in [0, 0.05) is 12.7 Å². The number of rotatable bonds is 4. The third kappa shape index (κ3) is 2.91. The van der Waals surface area contributed by atoms with E-state index >= 15 is 0 Å². The minimum Gasteiger partial charge on any atom is -0.496 e. The first-order valence-corrected chi connectivity index (χ1v) is 5.26. The number of ether oxygens (including phenoxy) is 2. The molecule has 0 aliphatic rings. The predicted molar refractivity (Wildman–Crippen MR) is 66.4 cm³/mol. The van der Waals surface area contributed by atoms with Crippen molar-refractivity contribution in [1.82, 2.24) is 4.90 Å². The molecule has 98 valence electrons. The van der Waals surface area contributed by atoms with Crippen molar-refractivity contribution in [2.24, 2.45) is 0 Å². The minimum absolute atomic E-state index is 0.146. The number of amides is 1. The molecule has 0 aromatic heterocycles. The molecule has 0 radical (unpaired) electrons. The lowest BCUT2D eigenvalue weighted by atomic mass is 10.1. The number of nitrogens with two attached hydrogens (primary N) is 1. The third-order valence-electron chi connectivity index (χ3n) is 2.43. The van der Waals surface area contributed by atoms with E-state index < -0.39 is 11.9 Å². The first kappa shape index (κ1) is 13.8. The highest BCUT2D eigenvalue weighted by molar-refractivity contribution is 6.02. The van der Waals surface area contributed by atoms with E-state index in [1.165, 1.54) is 26.2 Å². The number of nitrogens with zero attached hydrogens (tertiary/aromatic N) is 1. The lowest BCUT2D eigenvalue weighted by molar-refractivity contribution is -0.141. The monoisotopic (exact) mass is 252 g/mol. The normalized spacial score (nSPS) is 9.72. The Labute approximate surface area is 105 Å². The molecular formula is C12H16N2O4. The van der Waals surface area contributed by atoms with Gasteiger partial charge >= 0.3 is 5.97 Å². The summed E-state index contributed by atoms with van der Waals surface area (Å²) in [5.41, 5.74) is 6.30. The number of esters is 1. The van der Waals surface area contributed by atoms with E-state index in [1.807, 2.05) is 0 Å². The Bertz CT molecular complexity index is 459. The summed E-state index contributed by atoms with van der Waals surface area (Å²) in [5, 5.41) is 0. The van der Waals surface area contributed by atoms with Gasteiger partial charge < -0.3 is 20.1 Å². The van der Waals surface area contributed by atoms with E-state index in [1.54, 1.807) is 18.2 Å². The number of methoxy groups -OCH3 is 2. The van der Waals surface area contributed by atoms with Crippen LogP contribution in [0.3, 0.4) is 0 Å². The Kier molecular flexibility index (Phi) is 4.53. The van der Waals surface area contributed by atoms with Crippen LogP contribution >= 0.6 is 0 Å². The van der Waals surface area contributed by atoms with Crippen LogP contribution in [0.15, 0.2) is 18.2 Å². The van der Waals surface area contributed by atoms with Gasteiger partial charge in [0.2, 0.25) is 0 Å². The van der Waals surface area contributed by atoms with E-state index in [-0.39, 0.29) is 12.1 Å². The Morgan fingerprint density at radius 1 is 1.33 bits per heavy atom. The predicted octanol–water partition coefficient (Wildman–Crippen LogP) is 0.522. The molecule has 6 heteroatoms. The Morgan fingerprint density at radius 2 is 2.00 bits per heavy atom. The molecule has 0 atom stereocenters. The van der Waals surface area contributed by atoms with E-state index in [0.717, 1.165) is 0 Å². The molecule has 0 heterocycles. The van der Waals surface area contributed by atoms with Crippen molar-refractivity contribution in [2.45, 2.75) is 0 Å².